The highest BCUT2D eigenvalue weighted by Crippen LogP contribution is 2.21. The number of likely N-dealkylation sites (tertiary alicyclic amines) is 1. The van der Waals surface area contributed by atoms with E-state index < -0.39 is 0 Å². The highest BCUT2D eigenvalue weighted by atomic mass is 16.1. The van der Waals surface area contributed by atoms with Crippen LogP contribution in [-0.2, 0) is 11.3 Å². The minimum atomic E-state index is 0.0323. The summed E-state index contributed by atoms with van der Waals surface area (Å²) >= 11 is 0. The van der Waals surface area contributed by atoms with E-state index in [1.807, 2.05) is 18.2 Å². The zero-order chi connectivity index (χ0) is 19.1. The van der Waals surface area contributed by atoms with E-state index >= 15 is 0 Å². The second-order valence-electron chi connectivity index (χ2n) is 7.13. The normalized spacial score (nSPS) is 17.5. The number of nitrogens with one attached hydrogen (secondary N) is 1. The first-order valence-corrected chi connectivity index (χ1v) is 9.97. The Morgan fingerprint density at radius 1 is 1.19 bits per heavy atom. The van der Waals surface area contributed by atoms with Gasteiger partial charge in [-0.15, -0.1) is 0 Å². The SMILES string of the molecule is CCN(CC)c1ccc(NC(=O)C2CCCN(Cc3ccccc3)C2)cn1. The van der Waals surface area contributed by atoms with E-state index in [-0.39, 0.29) is 11.8 Å². The Morgan fingerprint density at radius 2 is 1.96 bits per heavy atom. The Balaban J connectivity index is 1.55. The molecule has 0 bridgehead atoms. The summed E-state index contributed by atoms with van der Waals surface area (Å²) in [6.45, 7) is 8.86. The van der Waals surface area contributed by atoms with Crippen LogP contribution in [0.1, 0.15) is 32.3 Å². The molecule has 0 spiro atoms. The van der Waals surface area contributed by atoms with Gasteiger partial charge in [-0.1, -0.05) is 30.3 Å². The molecule has 2 heterocycles. The number of carbonyl (C=O) groups excluding carboxylic acids is 1. The number of aromatic nitrogens is 1. The molecule has 1 atom stereocenters. The molecule has 0 aliphatic carbocycles. The predicted molar refractivity (Wildman–Crippen MR) is 111 cm³/mol. The van der Waals surface area contributed by atoms with Gasteiger partial charge in [-0.2, -0.15) is 0 Å². The van der Waals surface area contributed by atoms with Gasteiger partial charge >= 0.3 is 0 Å². The van der Waals surface area contributed by atoms with Crippen molar-refractivity contribution in [1.29, 1.82) is 0 Å². The quantitative estimate of drug-likeness (QED) is 0.810. The maximum absolute atomic E-state index is 12.7. The summed E-state index contributed by atoms with van der Waals surface area (Å²) in [4.78, 5) is 21.8. The molecule has 0 radical (unpaired) electrons. The minimum Gasteiger partial charge on any atom is -0.357 e. The standard InChI is InChI=1S/C22H30N4O/c1-3-26(4-2)21-13-12-20(15-23-21)24-22(27)19-11-8-14-25(17-19)16-18-9-6-5-7-10-18/h5-7,9-10,12-13,15,19H,3-4,8,11,14,16-17H2,1-2H3,(H,24,27). The summed E-state index contributed by atoms with van der Waals surface area (Å²) in [7, 11) is 0. The van der Waals surface area contributed by atoms with Gasteiger partial charge in [0.15, 0.2) is 0 Å². The largest absolute Gasteiger partial charge is 0.357 e. The molecule has 1 aliphatic rings. The Bertz CT molecular complexity index is 713. The van der Waals surface area contributed by atoms with E-state index in [1.165, 1.54) is 5.56 Å². The van der Waals surface area contributed by atoms with Crippen molar-refractivity contribution in [1.82, 2.24) is 9.88 Å². The molecular formula is C22H30N4O. The third kappa shape index (κ3) is 5.30. The first-order valence-electron chi connectivity index (χ1n) is 9.97. The Labute approximate surface area is 162 Å². The van der Waals surface area contributed by atoms with Crippen molar-refractivity contribution in [2.24, 2.45) is 5.92 Å². The zero-order valence-electron chi connectivity index (χ0n) is 16.4. The smallest absolute Gasteiger partial charge is 0.228 e. The number of amides is 1. The van der Waals surface area contributed by atoms with E-state index in [2.05, 4.69) is 58.2 Å². The lowest BCUT2D eigenvalue weighted by atomic mass is 9.96. The van der Waals surface area contributed by atoms with Gasteiger partial charge in [0.2, 0.25) is 5.91 Å². The van der Waals surface area contributed by atoms with E-state index in [1.54, 1.807) is 6.20 Å². The number of rotatable bonds is 7. The Morgan fingerprint density at radius 3 is 2.63 bits per heavy atom. The summed E-state index contributed by atoms with van der Waals surface area (Å²) in [5.74, 6) is 1.08. The third-order valence-electron chi connectivity index (χ3n) is 5.23. The van der Waals surface area contributed by atoms with Crippen molar-refractivity contribution in [2.45, 2.75) is 33.2 Å². The molecule has 1 aliphatic heterocycles. The van der Waals surface area contributed by atoms with E-state index in [9.17, 15) is 4.79 Å². The van der Waals surface area contributed by atoms with Crippen LogP contribution in [0.5, 0.6) is 0 Å². The molecule has 1 fully saturated rings. The fourth-order valence-corrected chi connectivity index (χ4v) is 3.69. The van der Waals surface area contributed by atoms with Crippen molar-refractivity contribution < 1.29 is 4.79 Å². The second-order valence-corrected chi connectivity index (χ2v) is 7.13. The van der Waals surface area contributed by atoms with Crippen LogP contribution in [0.25, 0.3) is 0 Å². The highest BCUT2D eigenvalue weighted by Gasteiger charge is 2.26. The van der Waals surface area contributed by atoms with Gasteiger partial charge in [-0.3, -0.25) is 9.69 Å². The fraction of sp³-hybridized carbons (Fsp3) is 0.455. The number of nitrogens with zero attached hydrogens (tertiary/aromatic N) is 3. The van der Waals surface area contributed by atoms with Gasteiger partial charge in [0.25, 0.3) is 0 Å². The van der Waals surface area contributed by atoms with Gasteiger partial charge < -0.3 is 10.2 Å². The minimum absolute atomic E-state index is 0.0323. The molecule has 1 aromatic heterocycles. The molecule has 144 valence electrons. The summed E-state index contributed by atoms with van der Waals surface area (Å²) in [5.41, 5.74) is 2.07. The van der Waals surface area contributed by atoms with Gasteiger partial charge in [0.1, 0.15) is 5.82 Å². The van der Waals surface area contributed by atoms with Crippen molar-refractivity contribution >= 4 is 17.4 Å². The maximum atomic E-state index is 12.7. The first-order chi connectivity index (χ1) is 13.2. The van der Waals surface area contributed by atoms with Gasteiger partial charge in [-0.05, 0) is 50.9 Å². The summed E-state index contributed by atoms with van der Waals surface area (Å²) in [6.07, 6.45) is 3.77. The van der Waals surface area contributed by atoms with Crippen LogP contribution in [0.4, 0.5) is 11.5 Å². The lowest BCUT2D eigenvalue weighted by Crippen LogP contribution is -2.40. The Kier molecular flexibility index (Phi) is 6.82. The van der Waals surface area contributed by atoms with Crippen molar-refractivity contribution in [2.75, 3.05) is 36.4 Å². The van der Waals surface area contributed by atoms with Crippen LogP contribution in [0.2, 0.25) is 0 Å². The number of hydrogen-bond acceptors (Lipinski definition) is 4. The van der Waals surface area contributed by atoms with Gasteiger partial charge in [0, 0.05) is 26.2 Å². The number of carbonyl (C=O) groups is 1. The number of piperidine rings is 1. The van der Waals surface area contributed by atoms with Crippen LogP contribution in [0.3, 0.4) is 0 Å². The molecule has 1 N–H and O–H groups in total. The molecule has 5 nitrogen and oxygen atoms in total. The van der Waals surface area contributed by atoms with Crippen molar-refractivity contribution in [3.8, 4) is 0 Å². The van der Waals surface area contributed by atoms with Gasteiger partial charge in [-0.25, -0.2) is 4.98 Å². The molecule has 3 rings (SSSR count). The molecule has 1 amide bonds. The predicted octanol–water partition coefficient (Wildman–Crippen LogP) is 3.78. The summed E-state index contributed by atoms with van der Waals surface area (Å²) in [5, 5.41) is 3.05. The molecule has 2 aromatic rings. The molecule has 1 aromatic carbocycles. The lowest BCUT2D eigenvalue weighted by Gasteiger charge is -2.32. The molecule has 0 saturated carbocycles. The zero-order valence-corrected chi connectivity index (χ0v) is 16.4. The number of benzene rings is 1. The average Bonchev–Trinajstić information content (AvgIpc) is 2.71. The van der Waals surface area contributed by atoms with Crippen molar-refractivity contribution in [3.05, 3.63) is 54.2 Å². The monoisotopic (exact) mass is 366 g/mol. The van der Waals surface area contributed by atoms with Crippen molar-refractivity contribution in [3.63, 3.8) is 0 Å². The fourth-order valence-electron chi connectivity index (χ4n) is 3.69. The molecule has 27 heavy (non-hydrogen) atoms. The Hall–Kier alpha value is -2.40. The third-order valence-corrected chi connectivity index (χ3v) is 5.23. The van der Waals surface area contributed by atoms with Gasteiger partial charge in [0.05, 0.1) is 17.8 Å². The lowest BCUT2D eigenvalue weighted by molar-refractivity contribution is -0.121. The van der Waals surface area contributed by atoms with Crippen LogP contribution < -0.4 is 10.2 Å². The molecular weight excluding hydrogens is 336 g/mol. The van der Waals surface area contributed by atoms with Crippen LogP contribution >= 0.6 is 0 Å². The second kappa shape index (κ2) is 9.51. The van der Waals surface area contributed by atoms with Crippen LogP contribution in [-0.4, -0.2) is 42.0 Å². The molecule has 1 saturated heterocycles. The maximum Gasteiger partial charge on any atom is 0.228 e. The average molecular weight is 367 g/mol. The summed E-state index contributed by atoms with van der Waals surface area (Å²) in [6, 6.07) is 14.4. The van der Waals surface area contributed by atoms with E-state index in [4.69, 9.17) is 0 Å². The summed E-state index contributed by atoms with van der Waals surface area (Å²) < 4.78 is 0. The number of pyridine rings is 1. The number of hydrogen-bond donors (Lipinski definition) is 1. The highest BCUT2D eigenvalue weighted by molar-refractivity contribution is 5.92. The number of anilines is 2. The topological polar surface area (TPSA) is 48.5 Å². The molecule has 5 heteroatoms. The molecule has 1 unspecified atom stereocenters. The van der Waals surface area contributed by atoms with Crippen LogP contribution in [0, 0.1) is 5.92 Å². The van der Waals surface area contributed by atoms with E-state index in [0.29, 0.717) is 0 Å². The first kappa shape index (κ1) is 19.4. The van der Waals surface area contributed by atoms with E-state index in [0.717, 1.165) is 57.1 Å². The van der Waals surface area contributed by atoms with Crippen LogP contribution in [0.15, 0.2) is 48.7 Å².